The Kier molecular flexibility index (Phi) is 3.94. The molecule has 0 aromatic heterocycles. The highest BCUT2D eigenvalue weighted by Crippen LogP contribution is 2.26. The third-order valence-corrected chi connectivity index (χ3v) is 2.06. The fourth-order valence-electron chi connectivity index (χ4n) is 0.911. The largest absolute Gasteiger partial charge is 0.495 e. The van der Waals surface area contributed by atoms with Gasteiger partial charge in [0.05, 0.1) is 12.1 Å². The van der Waals surface area contributed by atoms with Crippen molar-refractivity contribution < 1.29 is 4.74 Å². The number of benzene rings is 1. The Morgan fingerprint density at radius 2 is 2.29 bits per heavy atom. The van der Waals surface area contributed by atoms with Crippen LogP contribution in [0.15, 0.2) is 18.2 Å². The van der Waals surface area contributed by atoms with Crippen LogP contribution in [-0.2, 0) is 0 Å². The lowest BCUT2D eigenvalue weighted by Gasteiger charge is -2.08. The van der Waals surface area contributed by atoms with Gasteiger partial charge in [-0.1, -0.05) is 11.6 Å². The van der Waals surface area contributed by atoms with Crippen molar-refractivity contribution in [3.8, 4) is 5.75 Å². The van der Waals surface area contributed by atoms with Gasteiger partial charge >= 0.3 is 0 Å². The zero-order valence-corrected chi connectivity index (χ0v) is 9.08. The van der Waals surface area contributed by atoms with Crippen LogP contribution in [0.1, 0.15) is 0 Å². The van der Waals surface area contributed by atoms with Gasteiger partial charge in [-0.15, -0.1) is 0 Å². The highest BCUT2D eigenvalue weighted by Gasteiger charge is 2.02. The van der Waals surface area contributed by atoms with Gasteiger partial charge in [0.1, 0.15) is 5.75 Å². The number of thiocarbonyl (C=S) groups is 1. The number of methoxy groups -OCH3 is 1. The van der Waals surface area contributed by atoms with Crippen molar-refractivity contribution in [1.82, 2.24) is 5.43 Å². The number of anilines is 1. The number of ether oxygens (including phenoxy) is 1. The molecule has 0 bridgehead atoms. The first-order chi connectivity index (χ1) is 6.67. The molecule has 0 heterocycles. The molecule has 0 aliphatic rings. The van der Waals surface area contributed by atoms with E-state index in [1.54, 1.807) is 25.3 Å². The summed E-state index contributed by atoms with van der Waals surface area (Å²) in [5, 5.41) is 3.68. The number of rotatable bonds is 2. The molecule has 0 fully saturated rings. The summed E-state index contributed by atoms with van der Waals surface area (Å²) in [6.45, 7) is 0. The maximum Gasteiger partial charge on any atom is 0.185 e. The van der Waals surface area contributed by atoms with Crippen LogP contribution in [0.5, 0.6) is 5.75 Å². The van der Waals surface area contributed by atoms with Gasteiger partial charge in [0, 0.05) is 5.69 Å². The summed E-state index contributed by atoms with van der Waals surface area (Å²) in [4.78, 5) is 0. The molecule has 0 saturated carbocycles. The van der Waals surface area contributed by atoms with Crippen LogP contribution in [0, 0.1) is 0 Å². The lowest BCUT2D eigenvalue weighted by atomic mass is 10.3. The van der Waals surface area contributed by atoms with Crippen LogP contribution >= 0.6 is 23.8 Å². The highest BCUT2D eigenvalue weighted by atomic mass is 35.5. The Morgan fingerprint density at radius 1 is 1.57 bits per heavy atom. The van der Waals surface area contributed by atoms with Gasteiger partial charge in [-0.05, 0) is 30.4 Å². The van der Waals surface area contributed by atoms with Crippen molar-refractivity contribution in [2.24, 2.45) is 5.84 Å². The first-order valence-corrected chi connectivity index (χ1v) is 4.57. The van der Waals surface area contributed by atoms with Crippen LogP contribution < -0.4 is 21.3 Å². The quantitative estimate of drug-likeness (QED) is 0.409. The Labute approximate surface area is 92.3 Å². The number of nitrogens with two attached hydrogens (primary N) is 1. The van der Waals surface area contributed by atoms with Crippen molar-refractivity contribution in [2.75, 3.05) is 12.4 Å². The van der Waals surface area contributed by atoms with Gasteiger partial charge in [-0.3, -0.25) is 0 Å². The van der Waals surface area contributed by atoms with E-state index < -0.39 is 0 Å². The smallest absolute Gasteiger partial charge is 0.185 e. The summed E-state index contributed by atoms with van der Waals surface area (Å²) in [6, 6.07) is 5.22. The van der Waals surface area contributed by atoms with E-state index in [0.717, 1.165) is 5.69 Å². The second kappa shape index (κ2) is 4.99. The minimum atomic E-state index is 0.325. The molecule has 0 aliphatic heterocycles. The summed E-state index contributed by atoms with van der Waals surface area (Å²) >= 11 is 10.7. The van der Waals surface area contributed by atoms with Gasteiger partial charge in [0.15, 0.2) is 5.11 Å². The zero-order chi connectivity index (χ0) is 10.6. The predicted octanol–water partition coefficient (Wildman–Crippen LogP) is 1.51. The van der Waals surface area contributed by atoms with Crippen molar-refractivity contribution in [3.63, 3.8) is 0 Å². The summed E-state index contributed by atoms with van der Waals surface area (Å²) in [6.07, 6.45) is 0. The lowest BCUT2D eigenvalue weighted by Crippen LogP contribution is -2.34. The number of hydrogen-bond acceptors (Lipinski definition) is 3. The minimum Gasteiger partial charge on any atom is -0.495 e. The van der Waals surface area contributed by atoms with Gasteiger partial charge < -0.3 is 15.5 Å². The van der Waals surface area contributed by atoms with E-state index in [0.29, 0.717) is 15.9 Å². The molecule has 4 nitrogen and oxygen atoms in total. The summed E-state index contributed by atoms with van der Waals surface area (Å²) in [5.74, 6) is 5.72. The lowest BCUT2D eigenvalue weighted by molar-refractivity contribution is 0.415. The van der Waals surface area contributed by atoms with E-state index in [-0.39, 0.29) is 0 Å². The maximum absolute atomic E-state index is 5.90. The summed E-state index contributed by atoms with van der Waals surface area (Å²) in [7, 11) is 1.56. The topological polar surface area (TPSA) is 59.3 Å². The minimum absolute atomic E-state index is 0.325. The van der Waals surface area contributed by atoms with E-state index in [1.807, 2.05) is 0 Å². The predicted molar refractivity (Wildman–Crippen MR) is 61.5 cm³/mol. The Morgan fingerprint density at radius 3 is 2.79 bits per heavy atom. The molecule has 0 aliphatic carbocycles. The van der Waals surface area contributed by atoms with Crippen LogP contribution in [0.4, 0.5) is 5.69 Å². The Balaban J connectivity index is 2.81. The summed E-state index contributed by atoms with van der Waals surface area (Å²) in [5.41, 5.74) is 3.06. The first-order valence-electron chi connectivity index (χ1n) is 3.78. The molecule has 0 atom stereocenters. The standard InChI is InChI=1S/C8H10ClN3OS/c1-13-7-3-2-5(4-6(7)9)11-8(14)12-10/h2-4H,10H2,1H3,(H2,11,12,14). The average Bonchev–Trinajstić information content (AvgIpc) is 2.18. The average molecular weight is 232 g/mol. The van der Waals surface area contributed by atoms with Gasteiger partial charge in [-0.25, -0.2) is 5.84 Å². The first kappa shape index (κ1) is 11.0. The monoisotopic (exact) mass is 231 g/mol. The third kappa shape index (κ3) is 2.73. The molecule has 0 radical (unpaired) electrons. The fraction of sp³-hybridized carbons (Fsp3) is 0.125. The maximum atomic E-state index is 5.90. The Hall–Kier alpha value is -1.04. The van der Waals surface area contributed by atoms with Crippen LogP contribution in [0.3, 0.4) is 0 Å². The molecule has 0 amide bonds. The van der Waals surface area contributed by atoms with Crippen LogP contribution in [0.2, 0.25) is 5.02 Å². The molecular formula is C8H10ClN3OS. The molecule has 76 valence electrons. The van der Waals surface area contributed by atoms with Gasteiger partial charge in [0.2, 0.25) is 0 Å². The van der Waals surface area contributed by atoms with E-state index in [1.165, 1.54) is 0 Å². The fourth-order valence-corrected chi connectivity index (χ4v) is 1.29. The normalized spacial score (nSPS) is 9.36. The molecule has 1 rings (SSSR count). The number of hydrazine groups is 1. The number of halogens is 1. The third-order valence-electron chi connectivity index (χ3n) is 1.54. The molecule has 6 heteroatoms. The van der Waals surface area contributed by atoms with Crippen molar-refractivity contribution in [1.29, 1.82) is 0 Å². The van der Waals surface area contributed by atoms with Crippen LogP contribution in [-0.4, -0.2) is 12.2 Å². The number of hydrogen-bond donors (Lipinski definition) is 3. The zero-order valence-electron chi connectivity index (χ0n) is 7.50. The Bertz CT molecular complexity index is 345. The second-order valence-corrected chi connectivity index (χ2v) is 3.26. The van der Waals surface area contributed by atoms with Crippen LogP contribution in [0.25, 0.3) is 0 Å². The number of nitrogens with one attached hydrogen (secondary N) is 2. The second-order valence-electron chi connectivity index (χ2n) is 2.45. The molecular weight excluding hydrogens is 222 g/mol. The van der Waals surface area contributed by atoms with E-state index in [4.69, 9.17) is 34.4 Å². The molecule has 1 aromatic rings. The summed E-state index contributed by atoms with van der Waals surface area (Å²) < 4.78 is 5.00. The molecule has 0 saturated heterocycles. The van der Waals surface area contributed by atoms with Crippen molar-refractivity contribution in [2.45, 2.75) is 0 Å². The van der Waals surface area contributed by atoms with Gasteiger partial charge in [-0.2, -0.15) is 0 Å². The molecule has 0 unspecified atom stereocenters. The molecule has 1 aromatic carbocycles. The molecule has 14 heavy (non-hydrogen) atoms. The van der Waals surface area contributed by atoms with Gasteiger partial charge in [0.25, 0.3) is 0 Å². The van der Waals surface area contributed by atoms with E-state index in [2.05, 4.69) is 10.7 Å². The molecule has 0 spiro atoms. The van der Waals surface area contributed by atoms with E-state index in [9.17, 15) is 0 Å². The van der Waals surface area contributed by atoms with Crippen molar-refractivity contribution in [3.05, 3.63) is 23.2 Å². The van der Waals surface area contributed by atoms with E-state index >= 15 is 0 Å². The SMILES string of the molecule is COc1ccc(NC(=S)NN)cc1Cl. The highest BCUT2D eigenvalue weighted by molar-refractivity contribution is 7.80. The molecule has 4 N–H and O–H groups in total. The van der Waals surface area contributed by atoms with Crippen molar-refractivity contribution >= 4 is 34.6 Å².